The van der Waals surface area contributed by atoms with E-state index in [1.54, 1.807) is 30.9 Å². The molecule has 1 atom stereocenters. The number of carbonyl (C=O) groups excluding carboxylic acids is 1. The van der Waals surface area contributed by atoms with Gasteiger partial charge in [-0.25, -0.2) is 9.78 Å². The normalized spacial score (nSPS) is 18.1. The predicted octanol–water partition coefficient (Wildman–Crippen LogP) is 3.84. The fraction of sp³-hybridized carbons (Fsp3) is 0.214. The number of fused-ring (bicyclic) bond motifs is 5. The van der Waals surface area contributed by atoms with E-state index in [4.69, 9.17) is 19.5 Å². The summed E-state index contributed by atoms with van der Waals surface area (Å²) in [5, 5.41) is 12.0. The number of methoxy groups -OCH3 is 1. The van der Waals surface area contributed by atoms with Crippen LogP contribution < -0.4 is 10.3 Å². The average molecular weight is 482 g/mol. The van der Waals surface area contributed by atoms with Crippen LogP contribution in [0.4, 0.5) is 5.69 Å². The molecule has 36 heavy (non-hydrogen) atoms. The van der Waals surface area contributed by atoms with E-state index in [0.717, 1.165) is 22.0 Å². The number of aliphatic hydroxyl groups is 1. The molecule has 0 aliphatic carbocycles. The van der Waals surface area contributed by atoms with E-state index in [9.17, 15) is 14.7 Å². The number of aliphatic imine (C=N–C) groups is 1. The van der Waals surface area contributed by atoms with Gasteiger partial charge in [0.15, 0.2) is 5.60 Å². The van der Waals surface area contributed by atoms with Crippen molar-refractivity contribution >= 4 is 28.8 Å². The highest BCUT2D eigenvalue weighted by atomic mass is 16.6. The highest BCUT2D eigenvalue weighted by molar-refractivity contribution is 6.03. The summed E-state index contributed by atoms with van der Waals surface area (Å²) < 4.78 is 12.2. The second-order valence-corrected chi connectivity index (χ2v) is 8.90. The number of ether oxygens (including phenoxy) is 2. The van der Waals surface area contributed by atoms with E-state index in [1.165, 1.54) is 0 Å². The van der Waals surface area contributed by atoms with Crippen molar-refractivity contribution in [2.45, 2.75) is 32.1 Å². The van der Waals surface area contributed by atoms with Gasteiger partial charge in [0.05, 0.1) is 36.1 Å². The smallest absolute Gasteiger partial charge is 0.343 e. The highest BCUT2D eigenvalue weighted by Crippen LogP contribution is 2.40. The number of carbonyl (C=O) groups is 1. The maximum atomic E-state index is 13.5. The largest absolute Gasteiger partial charge is 0.494 e. The minimum Gasteiger partial charge on any atom is -0.494 e. The van der Waals surface area contributed by atoms with Gasteiger partial charge in [0.25, 0.3) is 5.56 Å². The number of nitrogens with zero attached hydrogens (tertiary/aromatic N) is 3. The van der Waals surface area contributed by atoms with Gasteiger partial charge in [0, 0.05) is 28.3 Å². The maximum absolute atomic E-state index is 13.5. The predicted molar refractivity (Wildman–Crippen MR) is 135 cm³/mol. The molecular formula is C28H23N3O5. The van der Waals surface area contributed by atoms with Gasteiger partial charge in [-0.3, -0.25) is 9.79 Å². The number of para-hydroxylation sites is 3. The Kier molecular flexibility index (Phi) is 5.01. The first kappa shape index (κ1) is 22.2. The molecule has 8 heteroatoms. The third kappa shape index (κ3) is 3.11. The number of hydrogen-bond acceptors (Lipinski definition) is 7. The lowest BCUT2D eigenvalue weighted by Crippen LogP contribution is -2.44. The van der Waals surface area contributed by atoms with Crippen molar-refractivity contribution in [2.75, 3.05) is 7.11 Å². The molecule has 6 rings (SSSR count). The molecule has 2 aliphatic rings. The number of esters is 1. The van der Waals surface area contributed by atoms with Crippen molar-refractivity contribution in [3.63, 3.8) is 0 Å². The Hall–Kier alpha value is -4.30. The fourth-order valence-electron chi connectivity index (χ4n) is 5.08. The summed E-state index contributed by atoms with van der Waals surface area (Å²) in [6, 6.07) is 16.9. The van der Waals surface area contributed by atoms with Crippen LogP contribution in [0.2, 0.25) is 0 Å². The molecule has 2 aliphatic heterocycles. The Bertz CT molecular complexity index is 1660. The van der Waals surface area contributed by atoms with E-state index < -0.39 is 11.6 Å². The van der Waals surface area contributed by atoms with E-state index in [0.29, 0.717) is 40.5 Å². The summed E-state index contributed by atoms with van der Waals surface area (Å²) in [4.78, 5) is 35.6. The SMILES string of the molecule is CC[C@@]1(O)C(=O)OCc2c1cc1n(c2=O)Cc2c-1nc1ccccc1c2C=Nc1ccccc1OC. The Balaban J connectivity index is 1.59. The maximum Gasteiger partial charge on any atom is 0.343 e. The third-order valence-electron chi connectivity index (χ3n) is 7.06. The van der Waals surface area contributed by atoms with Gasteiger partial charge in [0.1, 0.15) is 18.0 Å². The molecule has 0 radical (unpaired) electrons. The molecule has 180 valence electrons. The summed E-state index contributed by atoms with van der Waals surface area (Å²) in [5.41, 5.74) is 2.75. The monoisotopic (exact) mass is 481 g/mol. The van der Waals surface area contributed by atoms with Gasteiger partial charge < -0.3 is 19.1 Å². The van der Waals surface area contributed by atoms with E-state index in [1.807, 2.05) is 48.5 Å². The van der Waals surface area contributed by atoms with Crippen LogP contribution in [0.1, 0.15) is 35.6 Å². The van der Waals surface area contributed by atoms with Gasteiger partial charge in [-0.1, -0.05) is 37.3 Å². The molecule has 2 aromatic heterocycles. The van der Waals surface area contributed by atoms with Gasteiger partial charge >= 0.3 is 5.97 Å². The first-order valence-corrected chi connectivity index (χ1v) is 11.7. The molecule has 1 N–H and O–H groups in total. The Morgan fingerprint density at radius 1 is 1.17 bits per heavy atom. The molecule has 0 unspecified atom stereocenters. The first-order chi connectivity index (χ1) is 17.5. The zero-order chi connectivity index (χ0) is 25.0. The van der Waals surface area contributed by atoms with Crippen LogP contribution in [0, 0.1) is 0 Å². The van der Waals surface area contributed by atoms with Crippen LogP contribution in [0.25, 0.3) is 22.3 Å². The van der Waals surface area contributed by atoms with Crippen molar-refractivity contribution in [1.82, 2.24) is 9.55 Å². The third-order valence-corrected chi connectivity index (χ3v) is 7.06. The molecule has 8 nitrogen and oxygen atoms in total. The second-order valence-electron chi connectivity index (χ2n) is 8.90. The van der Waals surface area contributed by atoms with Crippen molar-refractivity contribution in [3.8, 4) is 17.1 Å². The van der Waals surface area contributed by atoms with Crippen molar-refractivity contribution in [2.24, 2.45) is 4.99 Å². The molecule has 0 spiro atoms. The van der Waals surface area contributed by atoms with E-state index in [-0.39, 0.29) is 18.6 Å². The van der Waals surface area contributed by atoms with Crippen molar-refractivity contribution < 1.29 is 19.4 Å². The number of hydrogen-bond donors (Lipinski definition) is 1. The summed E-state index contributed by atoms with van der Waals surface area (Å²) in [5.74, 6) is -0.0874. The number of cyclic esters (lactones) is 1. The Labute approximate surface area is 206 Å². The Morgan fingerprint density at radius 2 is 1.94 bits per heavy atom. The van der Waals surface area contributed by atoms with Crippen molar-refractivity contribution in [3.05, 3.63) is 87.2 Å². The van der Waals surface area contributed by atoms with Crippen LogP contribution in [-0.2, 0) is 28.3 Å². The highest BCUT2D eigenvalue weighted by Gasteiger charge is 2.45. The second kappa shape index (κ2) is 8.13. The first-order valence-electron chi connectivity index (χ1n) is 11.7. The zero-order valence-corrected chi connectivity index (χ0v) is 19.8. The van der Waals surface area contributed by atoms with Gasteiger partial charge in [-0.2, -0.15) is 0 Å². The molecule has 0 fully saturated rings. The summed E-state index contributed by atoms with van der Waals surface area (Å²) in [7, 11) is 1.60. The average Bonchev–Trinajstić information content (AvgIpc) is 3.28. The summed E-state index contributed by atoms with van der Waals surface area (Å²) in [6.07, 6.45) is 1.88. The van der Waals surface area contributed by atoms with Gasteiger partial charge in [0.2, 0.25) is 0 Å². The summed E-state index contributed by atoms with van der Waals surface area (Å²) in [6.45, 7) is 1.82. The topological polar surface area (TPSA) is 103 Å². The van der Waals surface area contributed by atoms with E-state index in [2.05, 4.69) is 0 Å². The Morgan fingerprint density at radius 3 is 2.75 bits per heavy atom. The molecule has 0 saturated carbocycles. The van der Waals surface area contributed by atoms with Crippen LogP contribution in [0.5, 0.6) is 5.75 Å². The molecule has 2 aromatic carbocycles. The lowest BCUT2D eigenvalue weighted by atomic mass is 9.86. The zero-order valence-electron chi connectivity index (χ0n) is 19.8. The molecule has 4 heterocycles. The number of rotatable bonds is 4. The van der Waals surface area contributed by atoms with Gasteiger partial charge in [-0.15, -0.1) is 0 Å². The number of pyridine rings is 2. The lowest BCUT2D eigenvalue weighted by molar-refractivity contribution is -0.172. The number of aromatic nitrogens is 2. The van der Waals surface area contributed by atoms with Crippen LogP contribution in [0.3, 0.4) is 0 Å². The van der Waals surface area contributed by atoms with Crippen LogP contribution >= 0.6 is 0 Å². The minimum absolute atomic E-state index is 0.0938. The van der Waals surface area contributed by atoms with Crippen LogP contribution in [0.15, 0.2) is 64.4 Å². The minimum atomic E-state index is -1.86. The molecular weight excluding hydrogens is 458 g/mol. The molecule has 0 amide bonds. The van der Waals surface area contributed by atoms with E-state index >= 15 is 0 Å². The summed E-state index contributed by atoms with van der Waals surface area (Å²) >= 11 is 0. The van der Waals surface area contributed by atoms with Crippen molar-refractivity contribution in [1.29, 1.82) is 0 Å². The number of benzene rings is 2. The molecule has 4 aromatic rings. The molecule has 0 saturated heterocycles. The van der Waals surface area contributed by atoms with Gasteiger partial charge in [-0.05, 0) is 30.7 Å². The molecule has 0 bridgehead atoms. The standard InChI is InChI=1S/C28H23N3O5/c1-3-28(34)20-12-23-25-18(14-31(23)26(32)19(20)15-36-27(28)33)17(16-8-4-5-9-21(16)30-25)13-29-22-10-6-7-11-24(22)35-2/h4-13,34H,3,14-15H2,1-2H3/t28-/m0/s1. The fourth-order valence-corrected chi connectivity index (χ4v) is 5.08. The quantitative estimate of drug-likeness (QED) is 0.309. The lowest BCUT2D eigenvalue weighted by Gasteiger charge is -2.31. The van der Waals surface area contributed by atoms with Crippen LogP contribution in [-0.4, -0.2) is 34.0 Å².